The summed E-state index contributed by atoms with van der Waals surface area (Å²) in [6.45, 7) is 7.58. The third kappa shape index (κ3) is 5.94. The molecular weight excluding hydrogens is 649 g/mol. The average Bonchev–Trinajstić information content (AvgIpc) is 3.85. The van der Waals surface area contributed by atoms with E-state index in [1.165, 1.54) is 0 Å². The van der Waals surface area contributed by atoms with Crippen LogP contribution in [0.25, 0.3) is 32.9 Å². The van der Waals surface area contributed by atoms with Gasteiger partial charge in [0.25, 0.3) is 0 Å². The minimum Gasteiger partial charge on any atom is -0.461 e. The molecule has 268 valence electrons. The number of rotatable bonds is 8. The summed E-state index contributed by atoms with van der Waals surface area (Å²) in [6.07, 6.45) is 8.41. The number of aryl methyl sites for hydroxylation is 1. The molecule has 1 N–H and O–H groups in total. The van der Waals surface area contributed by atoms with Gasteiger partial charge in [0.2, 0.25) is 0 Å². The van der Waals surface area contributed by atoms with E-state index in [4.69, 9.17) is 29.2 Å². The lowest BCUT2D eigenvalue weighted by Crippen LogP contribution is -2.51. The van der Waals surface area contributed by atoms with Crippen molar-refractivity contribution in [2.75, 3.05) is 64.1 Å². The number of ether oxygens (including phenoxy) is 3. The number of fused-ring (bicyclic) bond motifs is 5. The first-order valence-electron chi connectivity index (χ1n) is 18.8. The molecule has 4 aromatic rings. The van der Waals surface area contributed by atoms with Crippen LogP contribution in [0.2, 0.25) is 0 Å². The summed E-state index contributed by atoms with van der Waals surface area (Å²) in [5, 5.41) is 6.38. The number of hydrogen-bond acceptors (Lipinski definition) is 10. The maximum absolute atomic E-state index is 17.0. The standard InChI is InChI=1S/C39H46FN7O4/c1-2-25-6-3-7-26-8-4-9-30(32(25)26)34-33(40)35-31(20-41-34)36(46-21-27-10-11-28(22-46)42-27)44-37(43-35)51-24-39-13-5-15-47(39)29(12-14-39)23-50-38(48)45-16-18-49-19-17-45/h3-4,6-9,20,27-29,42H,2,5,10-19,21-24H2,1H3/t27?,28?,29-,39-/m1/s1. The molecule has 5 fully saturated rings. The molecule has 5 saturated heterocycles. The number of halogens is 1. The second kappa shape index (κ2) is 13.4. The summed E-state index contributed by atoms with van der Waals surface area (Å²) in [7, 11) is 0. The van der Waals surface area contributed by atoms with Gasteiger partial charge in [-0.25, -0.2) is 9.18 Å². The van der Waals surface area contributed by atoms with Gasteiger partial charge in [0.15, 0.2) is 5.82 Å². The van der Waals surface area contributed by atoms with E-state index in [2.05, 4.69) is 46.3 Å². The fraction of sp³-hybridized carbons (Fsp3) is 0.538. The SMILES string of the molecule is CCc1cccc2cccc(-c3ncc4c(N5CC6CCC(C5)N6)nc(OC[C@]56CCCN5[C@@H](COC(=O)N5CCOCC5)CC6)nc4c3F)c12. The summed E-state index contributed by atoms with van der Waals surface area (Å²) >= 11 is 0. The van der Waals surface area contributed by atoms with Crippen molar-refractivity contribution in [2.24, 2.45) is 0 Å². The highest BCUT2D eigenvalue weighted by atomic mass is 19.1. The highest BCUT2D eigenvalue weighted by molar-refractivity contribution is 6.00. The van der Waals surface area contributed by atoms with Gasteiger partial charge in [0.1, 0.15) is 30.2 Å². The Labute approximate surface area is 297 Å². The van der Waals surface area contributed by atoms with Crippen molar-refractivity contribution < 1.29 is 23.4 Å². The summed E-state index contributed by atoms with van der Waals surface area (Å²) in [5.74, 6) is 0.222. The number of aromatic nitrogens is 3. The monoisotopic (exact) mass is 695 g/mol. The number of pyridine rings is 1. The first-order chi connectivity index (χ1) is 25.0. The smallest absolute Gasteiger partial charge is 0.409 e. The van der Waals surface area contributed by atoms with Crippen LogP contribution in [0.5, 0.6) is 6.01 Å². The van der Waals surface area contributed by atoms with Crippen molar-refractivity contribution >= 4 is 33.6 Å². The lowest BCUT2D eigenvalue weighted by Gasteiger charge is -2.35. The predicted molar refractivity (Wildman–Crippen MR) is 193 cm³/mol. The molecule has 2 unspecified atom stereocenters. The molecule has 0 aliphatic carbocycles. The third-order valence-electron chi connectivity index (χ3n) is 12.0. The molecule has 51 heavy (non-hydrogen) atoms. The zero-order valence-electron chi connectivity index (χ0n) is 29.3. The zero-order chi connectivity index (χ0) is 34.5. The Morgan fingerprint density at radius 1 is 1.04 bits per heavy atom. The topological polar surface area (TPSA) is 105 Å². The number of morpholine rings is 1. The number of nitrogens with zero attached hydrogens (tertiary/aromatic N) is 6. The van der Waals surface area contributed by atoms with Crippen molar-refractivity contribution in [3.63, 3.8) is 0 Å². The van der Waals surface area contributed by atoms with Gasteiger partial charge in [-0.1, -0.05) is 43.3 Å². The summed E-state index contributed by atoms with van der Waals surface area (Å²) < 4.78 is 34.7. The molecule has 11 nitrogen and oxygen atoms in total. The van der Waals surface area contributed by atoms with Crippen LogP contribution in [-0.4, -0.2) is 114 Å². The normalized spacial score (nSPS) is 26.3. The van der Waals surface area contributed by atoms with E-state index >= 15 is 4.39 Å². The Kier molecular flexibility index (Phi) is 8.64. The first kappa shape index (κ1) is 32.8. The Hall–Kier alpha value is -4.13. The van der Waals surface area contributed by atoms with Gasteiger partial charge in [0, 0.05) is 56.1 Å². The maximum Gasteiger partial charge on any atom is 0.409 e. The number of carbonyl (C=O) groups excluding carboxylic acids is 1. The number of nitrogens with one attached hydrogen (secondary N) is 1. The second-order valence-electron chi connectivity index (χ2n) is 14.9. The fourth-order valence-corrected chi connectivity index (χ4v) is 9.39. The van der Waals surface area contributed by atoms with Crippen LogP contribution in [0, 0.1) is 5.82 Å². The molecule has 0 saturated carbocycles. The van der Waals surface area contributed by atoms with E-state index in [0.717, 1.165) is 86.5 Å². The average molecular weight is 696 g/mol. The lowest BCUT2D eigenvalue weighted by molar-refractivity contribution is 0.0138. The van der Waals surface area contributed by atoms with Crippen LogP contribution in [0.3, 0.4) is 0 Å². The molecule has 1 amide bonds. The molecule has 5 aliphatic heterocycles. The van der Waals surface area contributed by atoms with E-state index in [0.29, 0.717) is 62.8 Å². The van der Waals surface area contributed by atoms with E-state index in [9.17, 15) is 4.79 Å². The van der Waals surface area contributed by atoms with E-state index in [-0.39, 0.29) is 34.9 Å². The summed E-state index contributed by atoms with van der Waals surface area (Å²) in [6, 6.07) is 13.3. The molecule has 2 bridgehead atoms. The highest BCUT2D eigenvalue weighted by Gasteiger charge is 2.50. The van der Waals surface area contributed by atoms with Gasteiger partial charge in [0.05, 0.1) is 24.1 Å². The number of hydrogen-bond donors (Lipinski definition) is 1. The highest BCUT2D eigenvalue weighted by Crippen LogP contribution is 2.43. The van der Waals surface area contributed by atoms with E-state index < -0.39 is 5.82 Å². The van der Waals surface area contributed by atoms with Crippen LogP contribution in [0.4, 0.5) is 15.0 Å². The van der Waals surface area contributed by atoms with Crippen molar-refractivity contribution in [3.05, 3.63) is 54.0 Å². The third-order valence-corrected chi connectivity index (χ3v) is 12.0. The number of anilines is 1. The van der Waals surface area contributed by atoms with Crippen LogP contribution in [0.15, 0.2) is 42.6 Å². The van der Waals surface area contributed by atoms with Gasteiger partial charge in [-0.3, -0.25) is 9.88 Å². The van der Waals surface area contributed by atoms with Crippen LogP contribution >= 0.6 is 0 Å². The molecule has 2 aromatic carbocycles. The van der Waals surface area contributed by atoms with Gasteiger partial charge in [-0.2, -0.15) is 9.97 Å². The number of carbonyl (C=O) groups is 1. The molecule has 5 aliphatic rings. The van der Waals surface area contributed by atoms with Crippen LogP contribution < -0.4 is 15.0 Å². The van der Waals surface area contributed by atoms with E-state index in [1.807, 2.05) is 12.1 Å². The largest absolute Gasteiger partial charge is 0.461 e. The van der Waals surface area contributed by atoms with Gasteiger partial charge in [-0.15, -0.1) is 0 Å². The Balaban J connectivity index is 1.03. The number of piperazine rings is 1. The minimum absolute atomic E-state index is 0.130. The zero-order valence-corrected chi connectivity index (χ0v) is 29.3. The molecule has 0 radical (unpaired) electrons. The van der Waals surface area contributed by atoms with Crippen molar-refractivity contribution in [3.8, 4) is 17.3 Å². The maximum atomic E-state index is 17.0. The molecule has 2 aromatic heterocycles. The quantitative estimate of drug-likeness (QED) is 0.260. The fourth-order valence-electron chi connectivity index (χ4n) is 9.39. The van der Waals surface area contributed by atoms with Crippen molar-refractivity contribution in [2.45, 2.75) is 75.5 Å². The van der Waals surface area contributed by atoms with Gasteiger partial charge < -0.3 is 29.3 Å². The number of amides is 1. The lowest BCUT2D eigenvalue weighted by atomic mass is 9.95. The van der Waals surface area contributed by atoms with Gasteiger partial charge in [-0.05, 0) is 67.8 Å². The Bertz CT molecular complexity index is 1940. The molecule has 7 heterocycles. The summed E-state index contributed by atoms with van der Waals surface area (Å²) in [4.78, 5) is 33.8. The molecule has 12 heteroatoms. The predicted octanol–water partition coefficient (Wildman–Crippen LogP) is 5.33. The van der Waals surface area contributed by atoms with Crippen molar-refractivity contribution in [1.29, 1.82) is 0 Å². The molecule has 9 rings (SSSR count). The summed E-state index contributed by atoms with van der Waals surface area (Å²) in [5.41, 5.74) is 2.23. The molecule has 0 spiro atoms. The molecule has 4 atom stereocenters. The van der Waals surface area contributed by atoms with Gasteiger partial charge >= 0.3 is 12.1 Å². The van der Waals surface area contributed by atoms with Crippen LogP contribution in [-0.2, 0) is 15.9 Å². The van der Waals surface area contributed by atoms with Crippen molar-refractivity contribution in [1.82, 2.24) is 30.1 Å². The van der Waals surface area contributed by atoms with Crippen LogP contribution in [0.1, 0.15) is 51.0 Å². The van der Waals surface area contributed by atoms with E-state index in [1.54, 1.807) is 11.1 Å². The Morgan fingerprint density at radius 2 is 1.84 bits per heavy atom. The Morgan fingerprint density at radius 3 is 2.65 bits per heavy atom. The second-order valence-corrected chi connectivity index (χ2v) is 14.9. The number of benzene rings is 2. The molecular formula is C39H46FN7O4. The first-order valence-corrected chi connectivity index (χ1v) is 18.8. The minimum atomic E-state index is -0.457.